The number of aryl methyl sites for hydroxylation is 2. The molecule has 2 aromatic carbocycles. The lowest BCUT2D eigenvalue weighted by Crippen LogP contribution is -2.26. The lowest BCUT2D eigenvalue weighted by Gasteiger charge is -2.29. The fraction of sp³-hybridized carbons (Fsp3) is 0.489. The molecule has 57 heavy (non-hydrogen) atoms. The average Bonchev–Trinajstić information content (AvgIpc) is 3.68. The number of ketones is 3. The molecule has 0 aliphatic carbocycles. The van der Waals surface area contributed by atoms with E-state index in [1.165, 1.54) is 25.0 Å². The number of nitrogen functional groups attached to an aromatic ring is 1. The lowest BCUT2D eigenvalue weighted by atomic mass is 9.77. The Morgan fingerprint density at radius 1 is 0.719 bits per heavy atom. The van der Waals surface area contributed by atoms with E-state index in [9.17, 15) is 19.2 Å². The van der Waals surface area contributed by atoms with Crippen molar-refractivity contribution in [3.63, 3.8) is 0 Å². The second kappa shape index (κ2) is 18.9. The number of rotatable bonds is 5. The predicted molar refractivity (Wildman–Crippen MR) is 234 cm³/mol. The number of nitrogens with two attached hydrogens (primary N) is 1. The number of allylic oxidation sites excluding steroid dienone is 1. The molecule has 3 heterocycles. The highest BCUT2D eigenvalue weighted by molar-refractivity contribution is 5.97. The van der Waals surface area contributed by atoms with Crippen molar-refractivity contribution in [1.29, 1.82) is 0 Å². The maximum Gasteiger partial charge on any atom is 0.158 e. The van der Waals surface area contributed by atoms with Gasteiger partial charge in [0.2, 0.25) is 0 Å². The molecule has 0 radical (unpaired) electrons. The third-order valence-electron chi connectivity index (χ3n) is 8.90. The molecular weight excluding hydrogens is 713 g/mol. The smallest absolute Gasteiger partial charge is 0.158 e. The number of hydrogen-bond acceptors (Lipinski definition) is 8. The van der Waals surface area contributed by atoms with Crippen LogP contribution in [0.4, 0.5) is 11.6 Å². The van der Waals surface area contributed by atoms with Crippen LogP contribution in [0.15, 0.2) is 66.4 Å². The predicted octanol–water partition coefficient (Wildman–Crippen LogP) is 10.2. The zero-order chi connectivity index (χ0) is 43.8. The van der Waals surface area contributed by atoms with Gasteiger partial charge in [-0.15, -0.1) is 0 Å². The number of nitrogens with one attached hydrogen (secondary N) is 1. The van der Waals surface area contributed by atoms with Crippen molar-refractivity contribution in [3.05, 3.63) is 106 Å². The third kappa shape index (κ3) is 13.8. The number of carbonyl (C=O) groups excluding carboxylic acids is 4. The monoisotopic (exact) mass is 781 g/mol. The number of Topliss-reactive ketones (excluding diaryl/α,β-unsaturated/α-hetero) is 3. The fourth-order valence-corrected chi connectivity index (χ4v) is 5.97. The quantitative estimate of drug-likeness (QED) is 0.151. The molecule has 0 saturated heterocycles. The molecule has 0 amide bonds. The first-order valence-electron chi connectivity index (χ1n) is 19.5. The zero-order valence-electron chi connectivity index (χ0n) is 37.6. The molecule has 0 fully saturated rings. The summed E-state index contributed by atoms with van der Waals surface area (Å²) in [6.45, 7) is 34.2. The van der Waals surface area contributed by atoms with E-state index >= 15 is 0 Å². The van der Waals surface area contributed by atoms with E-state index in [4.69, 9.17) is 10.8 Å². The Bertz CT molecular complexity index is 2020. The number of benzene rings is 2. The van der Waals surface area contributed by atoms with Gasteiger partial charge in [0.25, 0.3) is 0 Å². The molecule has 0 saturated carbocycles. The number of anilines is 2. The van der Waals surface area contributed by atoms with Crippen LogP contribution in [0.25, 0.3) is 0 Å². The second-order valence-electron chi connectivity index (χ2n) is 19.0. The van der Waals surface area contributed by atoms with Gasteiger partial charge in [0, 0.05) is 45.7 Å². The van der Waals surface area contributed by atoms with E-state index in [-0.39, 0.29) is 51.6 Å². The Morgan fingerprint density at radius 3 is 1.53 bits per heavy atom. The van der Waals surface area contributed by atoms with Crippen molar-refractivity contribution in [2.45, 2.75) is 152 Å². The molecule has 2 aromatic heterocycles. The Morgan fingerprint density at radius 2 is 1.19 bits per heavy atom. The number of aromatic nitrogens is 4. The van der Waals surface area contributed by atoms with Crippen molar-refractivity contribution >= 4 is 35.3 Å². The van der Waals surface area contributed by atoms with Crippen LogP contribution in [-0.4, -0.2) is 43.2 Å². The van der Waals surface area contributed by atoms with Crippen molar-refractivity contribution in [3.8, 4) is 0 Å². The maximum atomic E-state index is 12.5. The third-order valence-corrected chi connectivity index (χ3v) is 8.90. The first-order chi connectivity index (χ1) is 26.0. The van der Waals surface area contributed by atoms with Crippen LogP contribution in [0.1, 0.15) is 160 Å². The average molecular weight is 781 g/mol. The standard InChI is InChI=1S/C23H31N3O.C11H21N3.C8H8O.C5H8O2/c1-14-9-11-16(12-10-14)18-17(15(2)27)13-24-21-19(18)20(22(3,4)5)25-26(21)23(6,7)8;1-10(2,3)8-7-9(12)14(13-8)11(4,5)6;1-7-2-4-8(6-9)5-3-7;1-4(6)3-5(2)7/h9-13,18,24H,1-8H3;7H,12H2,1-6H3;2-6H,1H3;3H2,1-2H3. The van der Waals surface area contributed by atoms with Gasteiger partial charge in [-0.25, -0.2) is 9.36 Å². The second-order valence-corrected chi connectivity index (χ2v) is 19.0. The summed E-state index contributed by atoms with van der Waals surface area (Å²) in [5.74, 6) is 1.58. The van der Waals surface area contributed by atoms with E-state index in [1.807, 2.05) is 48.1 Å². The van der Waals surface area contributed by atoms with Crippen LogP contribution in [-0.2, 0) is 36.3 Å². The van der Waals surface area contributed by atoms with Crippen LogP contribution >= 0.6 is 0 Å². The maximum absolute atomic E-state index is 12.5. The molecule has 1 atom stereocenters. The number of carbonyl (C=O) groups is 4. The van der Waals surface area contributed by atoms with Gasteiger partial charge in [-0.1, -0.05) is 101 Å². The van der Waals surface area contributed by atoms with Gasteiger partial charge in [-0.3, -0.25) is 19.2 Å². The molecule has 4 aromatic rings. The summed E-state index contributed by atoms with van der Waals surface area (Å²) >= 11 is 0. The number of hydrogen-bond donors (Lipinski definition) is 2. The number of fused-ring (bicyclic) bond motifs is 1. The Kier molecular flexibility index (Phi) is 15.9. The van der Waals surface area contributed by atoms with E-state index in [0.717, 1.165) is 51.6 Å². The Labute approximate surface area is 341 Å². The molecule has 5 rings (SSSR count). The Balaban J connectivity index is 0.000000309. The summed E-state index contributed by atoms with van der Waals surface area (Å²) < 4.78 is 3.95. The van der Waals surface area contributed by atoms with Crippen LogP contribution < -0.4 is 11.1 Å². The summed E-state index contributed by atoms with van der Waals surface area (Å²) in [7, 11) is 0. The summed E-state index contributed by atoms with van der Waals surface area (Å²) in [6.07, 6.45) is 2.80. The highest BCUT2D eigenvalue weighted by Crippen LogP contribution is 2.46. The minimum absolute atomic E-state index is 0.0480. The van der Waals surface area contributed by atoms with Crippen molar-refractivity contribution < 1.29 is 19.2 Å². The van der Waals surface area contributed by atoms with E-state index < -0.39 is 0 Å². The van der Waals surface area contributed by atoms with E-state index in [1.54, 1.807) is 6.92 Å². The molecule has 310 valence electrons. The minimum atomic E-state index is -0.167. The lowest BCUT2D eigenvalue weighted by molar-refractivity contribution is -0.124. The van der Waals surface area contributed by atoms with Crippen molar-refractivity contribution in [2.75, 3.05) is 11.1 Å². The first kappa shape index (κ1) is 48.0. The molecule has 1 aliphatic heterocycles. The van der Waals surface area contributed by atoms with Gasteiger partial charge in [0.1, 0.15) is 29.5 Å². The van der Waals surface area contributed by atoms with Crippen molar-refractivity contribution in [1.82, 2.24) is 19.6 Å². The normalized spacial score (nSPS) is 13.8. The summed E-state index contributed by atoms with van der Waals surface area (Å²) in [6, 6.07) is 17.9. The summed E-state index contributed by atoms with van der Waals surface area (Å²) in [4.78, 5) is 42.7. The minimum Gasteiger partial charge on any atom is -0.384 e. The van der Waals surface area contributed by atoms with Crippen LogP contribution in [0, 0.1) is 13.8 Å². The highest BCUT2D eigenvalue weighted by Gasteiger charge is 2.39. The molecule has 1 unspecified atom stereocenters. The van der Waals surface area contributed by atoms with E-state index in [2.05, 4.69) is 129 Å². The Hall–Kier alpha value is -5.12. The molecule has 10 heteroatoms. The topological polar surface area (TPSA) is 142 Å². The largest absolute Gasteiger partial charge is 0.384 e. The molecule has 0 bridgehead atoms. The molecule has 3 N–H and O–H groups in total. The molecule has 0 spiro atoms. The van der Waals surface area contributed by atoms with Crippen molar-refractivity contribution in [2.24, 2.45) is 0 Å². The zero-order valence-corrected chi connectivity index (χ0v) is 37.6. The summed E-state index contributed by atoms with van der Waals surface area (Å²) in [5, 5.41) is 13.0. The van der Waals surface area contributed by atoms with Crippen LogP contribution in [0.2, 0.25) is 0 Å². The van der Waals surface area contributed by atoms with Gasteiger partial charge < -0.3 is 11.1 Å². The summed E-state index contributed by atoms with van der Waals surface area (Å²) in [5.41, 5.74) is 13.9. The number of aldehydes is 1. The SMILES string of the molecule is CC(=O)C1=CNc2c(c(C(C)(C)C)nn2C(C)(C)C)C1c1ccc(C)cc1.CC(=O)CC(C)=O.CC(C)(C)c1cc(N)n(C(C)(C)C)n1.Cc1ccc(C=O)cc1. The van der Waals surface area contributed by atoms with Crippen LogP contribution in [0.3, 0.4) is 0 Å². The van der Waals surface area contributed by atoms with Crippen LogP contribution in [0.5, 0.6) is 0 Å². The fourth-order valence-electron chi connectivity index (χ4n) is 5.97. The highest BCUT2D eigenvalue weighted by atomic mass is 16.1. The molecule has 1 aliphatic rings. The van der Waals surface area contributed by atoms with Gasteiger partial charge in [-0.2, -0.15) is 10.2 Å². The first-order valence-corrected chi connectivity index (χ1v) is 19.5. The molecular formula is C47H68N6O4. The molecule has 10 nitrogen and oxygen atoms in total. The van der Waals surface area contributed by atoms with Gasteiger partial charge in [0.15, 0.2) is 5.78 Å². The van der Waals surface area contributed by atoms with E-state index in [0.29, 0.717) is 0 Å². The van der Waals surface area contributed by atoms with Gasteiger partial charge >= 0.3 is 0 Å². The number of nitrogens with zero attached hydrogens (tertiary/aromatic N) is 4. The van der Waals surface area contributed by atoms with Gasteiger partial charge in [0.05, 0.1) is 28.9 Å². The van der Waals surface area contributed by atoms with Gasteiger partial charge in [-0.05, 0) is 81.7 Å².